The van der Waals surface area contributed by atoms with Crippen LogP contribution in [0.5, 0.6) is 0 Å². The first-order valence-corrected chi connectivity index (χ1v) is 10.0. The molecule has 0 aromatic heterocycles. The highest BCUT2D eigenvalue weighted by Crippen LogP contribution is 2.55. The molecule has 80 valence electrons. The molecule has 0 saturated heterocycles. The summed E-state index contributed by atoms with van der Waals surface area (Å²) < 4.78 is 0. The maximum atomic E-state index is 6.18. The van der Waals surface area contributed by atoms with E-state index in [-0.39, 0.29) is 5.04 Å². The van der Waals surface area contributed by atoms with Crippen molar-refractivity contribution in [3.8, 4) is 0 Å². The lowest BCUT2D eigenvalue weighted by Crippen LogP contribution is -2.33. The summed E-state index contributed by atoms with van der Waals surface area (Å²) in [4.78, 5) is 0. The first kappa shape index (κ1) is 14.1. The third-order valence-electron chi connectivity index (χ3n) is 2.74. The summed E-state index contributed by atoms with van der Waals surface area (Å²) in [5.74, 6) is 0. The van der Waals surface area contributed by atoms with Crippen molar-refractivity contribution in [2.75, 3.05) is 0 Å². The van der Waals surface area contributed by atoms with Crippen LogP contribution >= 0.6 is 33.2 Å². The van der Waals surface area contributed by atoms with Gasteiger partial charge in [0.05, 0.1) is 0 Å². The monoisotopic (exact) mass is 260 g/mol. The third kappa shape index (κ3) is 3.62. The summed E-state index contributed by atoms with van der Waals surface area (Å²) in [5.41, 5.74) is 0. The smallest absolute Gasteiger partial charge is 0.125 e. The lowest BCUT2D eigenvalue weighted by molar-refractivity contribution is 0.445. The molecule has 0 aliphatic carbocycles. The van der Waals surface area contributed by atoms with Gasteiger partial charge in [0.2, 0.25) is 0 Å². The van der Waals surface area contributed by atoms with Gasteiger partial charge in [-0.25, -0.2) is 0 Å². The molecule has 0 radical (unpaired) electrons. The molecular formula is C9H19Cl3Si. The minimum absolute atomic E-state index is 0.0150. The second kappa shape index (κ2) is 5.84. The Morgan fingerprint density at radius 2 is 1.31 bits per heavy atom. The summed E-state index contributed by atoms with van der Waals surface area (Å²) >= 11 is 18.6. The quantitative estimate of drug-likeness (QED) is 0.444. The average molecular weight is 262 g/mol. The molecule has 0 N–H and O–H groups in total. The zero-order valence-corrected chi connectivity index (χ0v) is 11.9. The summed E-state index contributed by atoms with van der Waals surface area (Å²) in [6.45, 7) is 6.45. The van der Waals surface area contributed by atoms with Crippen molar-refractivity contribution in [3.05, 3.63) is 0 Å². The fourth-order valence-electron chi connectivity index (χ4n) is 1.92. The molecule has 0 bridgehead atoms. The molecule has 0 atom stereocenters. The highest BCUT2D eigenvalue weighted by Gasteiger charge is 2.48. The molecular weight excluding hydrogens is 243 g/mol. The van der Waals surface area contributed by atoms with Crippen LogP contribution < -0.4 is 0 Å². The highest BCUT2D eigenvalue weighted by molar-refractivity contribution is 7.65. The fraction of sp³-hybridized carbons (Fsp3) is 1.00. The normalized spacial score (nSPS) is 13.4. The van der Waals surface area contributed by atoms with E-state index in [2.05, 4.69) is 20.8 Å². The summed E-state index contributed by atoms with van der Waals surface area (Å²) in [5, 5.41) is 0.0150. The van der Waals surface area contributed by atoms with Gasteiger partial charge in [-0.05, 0) is 19.3 Å². The molecule has 0 aromatic carbocycles. The minimum atomic E-state index is -2.56. The maximum absolute atomic E-state index is 6.18. The maximum Gasteiger partial charge on any atom is 0.347 e. The average Bonchev–Trinajstić information content (AvgIpc) is 2.02. The van der Waals surface area contributed by atoms with Crippen LogP contribution in [0.4, 0.5) is 0 Å². The predicted molar refractivity (Wildman–Crippen MR) is 66.1 cm³/mol. The van der Waals surface area contributed by atoms with Gasteiger partial charge >= 0.3 is 6.00 Å². The molecule has 0 fully saturated rings. The number of hydrogen-bond acceptors (Lipinski definition) is 0. The van der Waals surface area contributed by atoms with Crippen LogP contribution in [-0.4, -0.2) is 6.00 Å². The van der Waals surface area contributed by atoms with E-state index in [4.69, 9.17) is 33.2 Å². The van der Waals surface area contributed by atoms with Crippen LogP contribution in [0.25, 0.3) is 0 Å². The van der Waals surface area contributed by atoms with Crippen molar-refractivity contribution in [2.24, 2.45) is 0 Å². The van der Waals surface area contributed by atoms with Gasteiger partial charge in [-0.2, -0.15) is 0 Å². The number of halogens is 3. The molecule has 0 aliphatic heterocycles. The van der Waals surface area contributed by atoms with E-state index < -0.39 is 6.00 Å². The molecule has 4 heteroatoms. The summed E-state index contributed by atoms with van der Waals surface area (Å²) in [7, 11) is 0. The van der Waals surface area contributed by atoms with Gasteiger partial charge in [0, 0.05) is 5.04 Å². The van der Waals surface area contributed by atoms with Crippen molar-refractivity contribution in [3.63, 3.8) is 0 Å². The van der Waals surface area contributed by atoms with Crippen molar-refractivity contribution in [1.29, 1.82) is 0 Å². The van der Waals surface area contributed by atoms with E-state index in [1.165, 1.54) is 0 Å². The topological polar surface area (TPSA) is 0 Å². The SMILES string of the molecule is CCCC(CC)(CCC)[Si](Cl)(Cl)Cl. The van der Waals surface area contributed by atoms with Gasteiger partial charge in [0.1, 0.15) is 0 Å². The Balaban J connectivity index is 4.64. The molecule has 0 unspecified atom stereocenters. The predicted octanol–water partition coefficient (Wildman–Crippen LogP) is 5.39. The van der Waals surface area contributed by atoms with Crippen LogP contribution in [-0.2, 0) is 0 Å². The zero-order valence-electron chi connectivity index (χ0n) is 8.67. The van der Waals surface area contributed by atoms with E-state index in [1.807, 2.05) is 0 Å². The fourth-order valence-corrected chi connectivity index (χ4v) is 6.29. The van der Waals surface area contributed by atoms with Gasteiger partial charge in [-0.1, -0.05) is 33.6 Å². The van der Waals surface area contributed by atoms with E-state index in [0.29, 0.717) is 0 Å². The van der Waals surface area contributed by atoms with Gasteiger partial charge in [-0.3, -0.25) is 0 Å². The Kier molecular flexibility index (Phi) is 6.33. The largest absolute Gasteiger partial charge is 0.347 e. The van der Waals surface area contributed by atoms with Crippen molar-refractivity contribution >= 4 is 39.2 Å². The molecule has 0 amide bonds. The van der Waals surface area contributed by atoms with Crippen molar-refractivity contribution < 1.29 is 0 Å². The van der Waals surface area contributed by atoms with Crippen LogP contribution in [0.15, 0.2) is 0 Å². The summed E-state index contributed by atoms with van der Waals surface area (Å²) in [6.07, 6.45) is 5.32. The van der Waals surface area contributed by atoms with E-state index in [9.17, 15) is 0 Å². The highest BCUT2D eigenvalue weighted by atomic mass is 35.8. The van der Waals surface area contributed by atoms with Crippen LogP contribution in [0.3, 0.4) is 0 Å². The first-order valence-electron chi connectivity index (χ1n) is 5.00. The van der Waals surface area contributed by atoms with E-state index >= 15 is 0 Å². The molecule has 0 spiro atoms. The molecule has 0 aromatic rings. The Morgan fingerprint density at radius 1 is 0.923 bits per heavy atom. The van der Waals surface area contributed by atoms with Gasteiger partial charge < -0.3 is 0 Å². The molecule has 0 nitrogen and oxygen atoms in total. The molecule has 0 saturated carbocycles. The van der Waals surface area contributed by atoms with Crippen molar-refractivity contribution in [1.82, 2.24) is 0 Å². The zero-order chi connectivity index (χ0) is 10.5. The lowest BCUT2D eigenvalue weighted by Gasteiger charge is -2.37. The Morgan fingerprint density at radius 3 is 1.46 bits per heavy atom. The Labute approximate surface area is 97.1 Å². The molecule has 0 heterocycles. The lowest BCUT2D eigenvalue weighted by atomic mass is 9.94. The summed E-state index contributed by atoms with van der Waals surface area (Å²) in [6, 6.07) is -2.56. The van der Waals surface area contributed by atoms with Crippen LogP contribution in [0.2, 0.25) is 5.04 Å². The standard InChI is InChI=1S/C9H19Cl3Si/c1-4-7-9(6-3,8-5-2)13(10,11)12/h4-8H2,1-3H3. The second-order valence-corrected chi connectivity index (χ2v) is 12.5. The van der Waals surface area contributed by atoms with Gasteiger partial charge in [0.25, 0.3) is 0 Å². The Bertz CT molecular complexity index is 136. The first-order chi connectivity index (χ1) is 5.93. The number of hydrogen-bond donors (Lipinski definition) is 0. The molecule has 0 rings (SSSR count). The van der Waals surface area contributed by atoms with E-state index in [1.54, 1.807) is 0 Å². The minimum Gasteiger partial charge on any atom is -0.125 e. The van der Waals surface area contributed by atoms with Crippen molar-refractivity contribution in [2.45, 2.75) is 57.9 Å². The van der Waals surface area contributed by atoms with E-state index in [0.717, 1.165) is 32.1 Å². The molecule has 13 heavy (non-hydrogen) atoms. The van der Waals surface area contributed by atoms with Gasteiger partial charge in [0.15, 0.2) is 0 Å². The van der Waals surface area contributed by atoms with Crippen LogP contribution in [0.1, 0.15) is 52.9 Å². The second-order valence-electron chi connectivity index (χ2n) is 3.63. The third-order valence-corrected chi connectivity index (χ3v) is 8.40. The molecule has 0 aliphatic rings. The van der Waals surface area contributed by atoms with Gasteiger partial charge in [-0.15, -0.1) is 33.2 Å². The Hall–Kier alpha value is 1.09. The van der Waals surface area contributed by atoms with Crippen LogP contribution in [0, 0.1) is 0 Å². The number of rotatable bonds is 6.